The molecule has 3 aromatic rings. The Labute approximate surface area is 157 Å². The monoisotopic (exact) mass is 387 g/mol. The van der Waals surface area contributed by atoms with Crippen LogP contribution in [-0.2, 0) is 11.3 Å². The number of carbonyl (C=O) groups excluding carboxylic acids is 1. The predicted molar refractivity (Wildman–Crippen MR) is 103 cm³/mol. The van der Waals surface area contributed by atoms with Crippen molar-refractivity contribution in [2.75, 3.05) is 0 Å². The van der Waals surface area contributed by atoms with Gasteiger partial charge in [0.1, 0.15) is 0 Å². The van der Waals surface area contributed by atoms with E-state index in [0.717, 1.165) is 10.2 Å². The molecule has 0 unspecified atom stereocenters. The Balaban J connectivity index is 1.94. The number of nitrogens with zero attached hydrogens (tertiary/aromatic N) is 3. The van der Waals surface area contributed by atoms with Gasteiger partial charge in [-0.2, -0.15) is 4.99 Å². The molecule has 0 bridgehead atoms. The van der Waals surface area contributed by atoms with Gasteiger partial charge in [0.15, 0.2) is 4.80 Å². The third-order valence-electron chi connectivity index (χ3n) is 3.67. The quantitative estimate of drug-likeness (QED) is 0.377. The lowest BCUT2D eigenvalue weighted by atomic mass is 10.2. The number of rotatable bonds is 4. The highest BCUT2D eigenvalue weighted by atomic mass is 35.5. The van der Waals surface area contributed by atoms with Crippen LogP contribution < -0.4 is 4.80 Å². The number of carbonyl (C=O) groups is 1. The molecule has 0 aliphatic carbocycles. The van der Waals surface area contributed by atoms with Gasteiger partial charge in [0, 0.05) is 24.8 Å². The van der Waals surface area contributed by atoms with Crippen molar-refractivity contribution < 1.29 is 9.72 Å². The van der Waals surface area contributed by atoms with Crippen LogP contribution in [0.1, 0.15) is 12.5 Å². The van der Waals surface area contributed by atoms with E-state index in [1.165, 1.54) is 35.6 Å². The average Bonchev–Trinajstić information content (AvgIpc) is 2.98. The molecule has 2 aromatic carbocycles. The summed E-state index contributed by atoms with van der Waals surface area (Å²) in [6.45, 7) is 2.59. The van der Waals surface area contributed by atoms with Gasteiger partial charge in [-0.25, -0.2) is 0 Å². The van der Waals surface area contributed by atoms with Crippen LogP contribution in [0.4, 0.5) is 5.69 Å². The molecule has 6 nitrogen and oxygen atoms in total. The number of non-ortho nitro benzene ring substituents is 1. The fourth-order valence-electron chi connectivity index (χ4n) is 2.51. The smallest absolute Gasteiger partial charge is 0.272 e. The Morgan fingerprint density at radius 3 is 2.85 bits per heavy atom. The zero-order valence-electron chi connectivity index (χ0n) is 13.8. The number of aromatic nitrogens is 1. The summed E-state index contributed by atoms with van der Waals surface area (Å²) in [6, 6.07) is 11.6. The predicted octanol–water partition coefficient (Wildman–Crippen LogP) is 4.43. The van der Waals surface area contributed by atoms with E-state index in [9.17, 15) is 14.9 Å². The summed E-state index contributed by atoms with van der Waals surface area (Å²) in [7, 11) is 0. The molecule has 26 heavy (non-hydrogen) atoms. The topological polar surface area (TPSA) is 77.5 Å². The van der Waals surface area contributed by atoms with E-state index in [2.05, 4.69) is 4.99 Å². The molecule has 0 radical (unpaired) electrons. The van der Waals surface area contributed by atoms with Crippen LogP contribution >= 0.6 is 22.9 Å². The molecular formula is C18H14ClN3O3S. The number of aryl methyl sites for hydroxylation is 1. The third-order valence-corrected chi connectivity index (χ3v) is 5.02. The van der Waals surface area contributed by atoms with E-state index in [0.29, 0.717) is 21.9 Å². The maximum atomic E-state index is 12.2. The minimum Gasteiger partial charge on any atom is -0.315 e. The van der Waals surface area contributed by atoms with Gasteiger partial charge in [0.2, 0.25) is 0 Å². The average molecular weight is 388 g/mol. The van der Waals surface area contributed by atoms with Crippen molar-refractivity contribution in [3.63, 3.8) is 0 Å². The van der Waals surface area contributed by atoms with Crippen molar-refractivity contribution in [3.8, 4) is 0 Å². The first-order valence-electron chi connectivity index (χ1n) is 7.78. The summed E-state index contributed by atoms with van der Waals surface area (Å²) in [5.41, 5.74) is 1.39. The standard InChI is InChI=1S/C18H14ClN3O3S/c1-2-21-17-14(19)7-4-8-15(17)26-18(21)20-16(23)10-9-12-5-3-6-13(11-12)22(24)25/h3-11H,2H2,1H3. The lowest BCUT2D eigenvalue weighted by Crippen LogP contribution is -2.15. The molecule has 0 saturated carbocycles. The molecular weight excluding hydrogens is 374 g/mol. The summed E-state index contributed by atoms with van der Waals surface area (Å²) >= 11 is 7.65. The van der Waals surface area contributed by atoms with Gasteiger partial charge in [-0.3, -0.25) is 14.9 Å². The zero-order chi connectivity index (χ0) is 18.7. The molecule has 0 aliphatic heterocycles. The molecule has 0 aliphatic rings. The first kappa shape index (κ1) is 18.0. The molecule has 0 saturated heterocycles. The molecule has 1 aromatic heterocycles. The van der Waals surface area contributed by atoms with Crippen LogP contribution in [0, 0.1) is 10.1 Å². The van der Waals surface area contributed by atoms with Gasteiger partial charge in [-0.05, 0) is 30.7 Å². The summed E-state index contributed by atoms with van der Waals surface area (Å²) in [5.74, 6) is -0.443. The molecule has 132 valence electrons. The summed E-state index contributed by atoms with van der Waals surface area (Å²) in [5, 5.41) is 11.4. The normalized spacial score (nSPS) is 12.2. The second-order valence-electron chi connectivity index (χ2n) is 5.35. The molecule has 3 rings (SSSR count). The van der Waals surface area contributed by atoms with Crippen molar-refractivity contribution >= 4 is 50.8 Å². The maximum absolute atomic E-state index is 12.2. The van der Waals surface area contributed by atoms with Crippen molar-refractivity contribution in [2.45, 2.75) is 13.5 Å². The number of amides is 1. The number of halogens is 1. The highest BCUT2D eigenvalue weighted by molar-refractivity contribution is 7.16. The van der Waals surface area contributed by atoms with E-state index < -0.39 is 10.8 Å². The van der Waals surface area contributed by atoms with Crippen molar-refractivity contribution in [1.82, 2.24) is 4.57 Å². The Morgan fingerprint density at radius 2 is 2.12 bits per heavy atom. The number of hydrogen-bond acceptors (Lipinski definition) is 4. The number of nitro benzene ring substituents is 1. The minimum atomic E-state index is -0.478. The summed E-state index contributed by atoms with van der Waals surface area (Å²) in [6.07, 6.45) is 2.81. The maximum Gasteiger partial charge on any atom is 0.272 e. The molecule has 0 atom stereocenters. The minimum absolute atomic E-state index is 0.0282. The Morgan fingerprint density at radius 1 is 1.35 bits per heavy atom. The van der Waals surface area contributed by atoms with Crippen LogP contribution in [0.3, 0.4) is 0 Å². The molecule has 0 N–H and O–H groups in total. The Bertz CT molecular complexity index is 1100. The van der Waals surface area contributed by atoms with Gasteiger partial charge in [0.25, 0.3) is 11.6 Å². The van der Waals surface area contributed by atoms with Crippen molar-refractivity contribution in [3.05, 3.63) is 74.0 Å². The van der Waals surface area contributed by atoms with Crippen molar-refractivity contribution in [1.29, 1.82) is 0 Å². The van der Waals surface area contributed by atoms with E-state index in [4.69, 9.17) is 11.6 Å². The van der Waals surface area contributed by atoms with E-state index in [-0.39, 0.29) is 5.69 Å². The van der Waals surface area contributed by atoms with Crippen LogP contribution in [0.25, 0.3) is 16.3 Å². The number of benzene rings is 2. The second-order valence-corrected chi connectivity index (χ2v) is 6.77. The highest BCUT2D eigenvalue weighted by Crippen LogP contribution is 2.25. The molecule has 0 fully saturated rings. The highest BCUT2D eigenvalue weighted by Gasteiger charge is 2.09. The number of hydrogen-bond donors (Lipinski definition) is 0. The number of para-hydroxylation sites is 1. The summed E-state index contributed by atoms with van der Waals surface area (Å²) in [4.78, 5) is 27.2. The van der Waals surface area contributed by atoms with Gasteiger partial charge in [-0.15, -0.1) is 0 Å². The van der Waals surface area contributed by atoms with Crippen LogP contribution in [0.2, 0.25) is 5.02 Å². The molecule has 1 amide bonds. The zero-order valence-corrected chi connectivity index (χ0v) is 15.3. The number of fused-ring (bicyclic) bond motifs is 1. The molecule has 8 heteroatoms. The first-order valence-corrected chi connectivity index (χ1v) is 8.98. The van der Waals surface area contributed by atoms with Gasteiger partial charge < -0.3 is 4.57 Å². The second kappa shape index (κ2) is 7.63. The van der Waals surface area contributed by atoms with E-state index >= 15 is 0 Å². The van der Waals surface area contributed by atoms with Gasteiger partial charge >= 0.3 is 0 Å². The lowest BCUT2D eigenvalue weighted by molar-refractivity contribution is -0.384. The summed E-state index contributed by atoms with van der Waals surface area (Å²) < 4.78 is 2.84. The van der Waals surface area contributed by atoms with E-state index in [1.807, 2.05) is 23.6 Å². The van der Waals surface area contributed by atoms with Crippen LogP contribution in [0.15, 0.2) is 53.5 Å². The van der Waals surface area contributed by atoms with E-state index in [1.54, 1.807) is 18.2 Å². The van der Waals surface area contributed by atoms with Crippen LogP contribution in [0.5, 0.6) is 0 Å². The third kappa shape index (κ3) is 3.74. The largest absolute Gasteiger partial charge is 0.315 e. The lowest BCUT2D eigenvalue weighted by Gasteiger charge is -2.01. The number of nitro groups is 1. The van der Waals surface area contributed by atoms with Gasteiger partial charge in [0.05, 0.1) is 20.2 Å². The Hall–Kier alpha value is -2.77. The van der Waals surface area contributed by atoms with Crippen LogP contribution in [-0.4, -0.2) is 15.4 Å². The molecule has 0 spiro atoms. The van der Waals surface area contributed by atoms with Gasteiger partial charge in [-0.1, -0.05) is 41.1 Å². The fraction of sp³-hybridized carbons (Fsp3) is 0.111. The fourth-order valence-corrected chi connectivity index (χ4v) is 3.97. The van der Waals surface area contributed by atoms with Crippen molar-refractivity contribution in [2.24, 2.45) is 4.99 Å². The molecule has 1 heterocycles. The SMILES string of the molecule is CCn1c(=NC(=O)C=Cc2cccc([N+](=O)[O-])c2)sc2cccc(Cl)c21. The first-order chi connectivity index (χ1) is 12.5. The Kier molecular flexibility index (Phi) is 5.29. The number of thiazole rings is 1.